The van der Waals surface area contributed by atoms with Gasteiger partial charge in [-0.05, 0) is 45.4 Å². The van der Waals surface area contributed by atoms with Gasteiger partial charge in [0.05, 0.1) is 20.3 Å². The molecule has 0 aromatic heterocycles. The molecular weight excluding hydrogens is 334 g/mol. The molecule has 1 heterocycles. The summed E-state index contributed by atoms with van der Waals surface area (Å²) in [6, 6.07) is 5.75. The monoisotopic (exact) mass is 365 g/mol. The Hall–Kier alpha value is -1.99. The smallest absolute Gasteiger partial charge is 0.407 e. The highest BCUT2D eigenvalue weighted by atomic mass is 16.6. The number of hydrogen-bond acceptors (Lipinski definition) is 6. The standard InChI is InChI=1S/C19H31N3O4/c1-19(2,3)26-18(23)21-13-8-9-22(12-13)16(11-20)15-10-14(24-4)6-7-17(15)25-5/h6-7,10,13,16H,8-9,11-12,20H2,1-5H3,(H,21,23)/t13?,16-/m1/s1. The van der Waals surface area contributed by atoms with Gasteiger partial charge in [0.2, 0.25) is 0 Å². The number of amides is 1. The van der Waals surface area contributed by atoms with Crippen LogP contribution in [0.25, 0.3) is 0 Å². The van der Waals surface area contributed by atoms with Gasteiger partial charge in [-0.3, -0.25) is 4.90 Å². The normalized spacial score (nSPS) is 19.1. The molecule has 1 unspecified atom stereocenters. The van der Waals surface area contributed by atoms with Crippen molar-refractivity contribution in [2.75, 3.05) is 33.9 Å². The number of methoxy groups -OCH3 is 2. The van der Waals surface area contributed by atoms with Gasteiger partial charge in [-0.15, -0.1) is 0 Å². The minimum Gasteiger partial charge on any atom is -0.497 e. The Bertz CT molecular complexity index is 615. The first-order valence-electron chi connectivity index (χ1n) is 8.93. The van der Waals surface area contributed by atoms with E-state index in [9.17, 15) is 4.79 Å². The van der Waals surface area contributed by atoms with E-state index in [0.717, 1.165) is 30.0 Å². The summed E-state index contributed by atoms with van der Waals surface area (Å²) >= 11 is 0. The Morgan fingerprint density at radius 1 is 1.35 bits per heavy atom. The van der Waals surface area contributed by atoms with Crippen molar-refractivity contribution in [2.24, 2.45) is 5.73 Å². The van der Waals surface area contributed by atoms with Gasteiger partial charge >= 0.3 is 6.09 Å². The third-order valence-electron chi connectivity index (χ3n) is 4.40. The van der Waals surface area contributed by atoms with Gasteiger partial charge in [0.1, 0.15) is 17.1 Å². The topological polar surface area (TPSA) is 86.1 Å². The Kier molecular flexibility index (Phi) is 6.72. The second kappa shape index (κ2) is 8.60. The maximum absolute atomic E-state index is 12.0. The number of carbonyl (C=O) groups is 1. The number of nitrogens with zero attached hydrogens (tertiary/aromatic N) is 1. The van der Waals surface area contributed by atoms with Crippen LogP contribution in [0.5, 0.6) is 11.5 Å². The molecule has 1 aliphatic rings. The fraction of sp³-hybridized carbons (Fsp3) is 0.632. The summed E-state index contributed by atoms with van der Waals surface area (Å²) in [6.07, 6.45) is 0.467. The first-order valence-corrected chi connectivity index (χ1v) is 8.93. The van der Waals surface area contributed by atoms with Crippen LogP contribution in [0.1, 0.15) is 38.8 Å². The van der Waals surface area contributed by atoms with Gasteiger partial charge in [-0.1, -0.05) is 0 Å². The third kappa shape index (κ3) is 5.25. The average molecular weight is 365 g/mol. The molecule has 1 fully saturated rings. The summed E-state index contributed by atoms with van der Waals surface area (Å²) in [4.78, 5) is 14.3. The lowest BCUT2D eigenvalue weighted by Crippen LogP contribution is -2.41. The van der Waals surface area contributed by atoms with Gasteiger partial charge in [-0.2, -0.15) is 0 Å². The van der Waals surface area contributed by atoms with E-state index in [1.54, 1.807) is 14.2 Å². The maximum Gasteiger partial charge on any atom is 0.407 e. The Labute approximate surface area is 155 Å². The summed E-state index contributed by atoms with van der Waals surface area (Å²) in [5, 5.41) is 2.95. The second-order valence-corrected chi connectivity index (χ2v) is 7.49. The lowest BCUT2D eigenvalue weighted by Gasteiger charge is -2.29. The van der Waals surface area contributed by atoms with Crippen LogP contribution in [-0.4, -0.2) is 56.5 Å². The number of nitrogens with two attached hydrogens (primary N) is 1. The van der Waals surface area contributed by atoms with Crippen LogP contribution in [0.2, 0.25) is 0 Å². The quantitative estimate of drug-likeness (QED) is 0.804. The number of nitrogens with one attached hydrogen (secondary N) is 1. The Morgan fingerprint density at radius 3 is 2.65 bits per heavy atom. The molecule has 3 N–H and O–H groups in total. The Balaban J connectivity index is 2.07. The van der Waals surface area contributed by atoms with Crippen LogP contribution < -0.4 is 20.5 Å². The summed E-state index contributed by atoms with van der Waals surface area (Å²) in [5.74, 6) is 1.55. The van der Waals surface area contributed by atoms with Gasteiger partial charge < -0.3 is 25.3 Å². The number of rotatable bonds is 6. The zero-order valence-corrected chi connectivity index (χ0v) is 16.4. The highest BCUT2D eigenvalue weighted by Gasteiger charge is 2.31. The van der Waals surface area contributed by atoms with E-state index >= 15 is 0 Å². The molecule has 1 amide bonds. The molecule has 1 aliphatic heterocycles. The van der Waals surface area contributed by atoms with Gasteiger partial charge in [0, 0.05) is 31.2 Å². The molecule has 0 spiro atoms. The van der Waals surface area contributed by atoms with Crippen molar-refractivity contribution in [1.29, 1.82) is 0 Å². The minimum atomic E-state index is -0.504. The molecule has 0 aliphatic carbocycles. The highest BCUT2D eigenvalue weighted by molar-refractivity contribution is 5.68. The van der Waals surface area contributed by atoms with Crippen molar-refractivity contribution in [3.63, 3.8) is 0 Å². The molecule has 2 atom stereocenters. The molecule has 146 valence electrons. The van der Waals surface area contributed by atoms with E-state index in [2.05, 4.69) is 10.2 Å². The van der Waals surface area contributed by atoms with Gasteiger partial charge in [-0.25, -0.2) is 4.79 Å². The maximum atomic E-state index is 12.0. The molecule has 26 heavy (non-hydrogen) atoms. The number of hydrogen-bond donors (Lipinski definition) is 2. The van der Waals surface area contributed by atoms with E-state index in [-0.39, 0.29) is 18.2 Å². The van der Waals surface area contributed by atoms with Crippen LogP contribution in [0.15, 0.2) is 18.2 Å². The predicted molar refractivity (Wildman–Crippen MR) is 101 cm³/mol. The third-order valence-corrected chi connectivity index (χ3v) is 4.40. The number of carbonyl (C=O) groups excluding carboxylic acids is 1. The molecule has 2 rings (SSSR count). The average Bonchev–Trinajstić information content (AvgIpc) is 3.01. The van der Waals surface area contributed by atoms with Gasteiger partial charge in [0.25, 0.3) is 0 Å². The van der Waals surface area contributed by atoms with Crippen LogP contribution in [0.3, 0.4) is 0 Å². The van der Waals surface area contributed by atoms with Crippen molar-refractivity contribution >= 4 is 6.09 Å². The molecule has 1 saturated heterocycles. The first kappa shape index (κ1) is 20.3. The van der Waals surface area contributed by atoms with E-state index < -0.39 is 5.60 Å². The zero-order chi connectivity index (χ0) is 19.3. The lowest BCUT2D eigenvalue weighted by atomic mass is 10.0. The van der Waals surface area contributed by atoms with Crippen LogP contribution in [-0.2, 0) is 4.74 Å². The van der Waals surface area contributed by atoms with E-state index in [1.807, 2.05) is 39.0 Å². The SMILES string of the molecule is COc1ccc(OC)c([C@@H](CN)N2CCC(NC(=O)OC(C)(C)C)C2)c1. The van der Waals surface area contributed by atoms with Crippen molar-refractivity contribution < 1.29 is 19.0 Å². The van der Waals surface area contributed by atoms with E-state index in [4.69, 9.17) is 19.9 Å². The van der Waals surface area contributed by atoms with Crippen molar-refractivity contribution in [1.82, 2.24) is 10.2 Å². The Morgan fingerprint density at radius 2 is 2.08 bits per heavy atom. The highest BCUT2D eigenvalue weighted by Crippen LogP contribution is 2.34. The molecule has 1 aromatic carbocycles. The summed E-state index contributed by atoms with van der Waals surface area (Å²) < 4.78 is 16.2. The molecule has 0 saturated carbocycles. The van der Waals surface area contributed by atoms with Crippen LogP contribution in [0.4, 0.5) is 4.79 Å². The molecule has 0 bridgehead atoms. The zero-order valence-electron chi connectivity index (χ0n) is 16.4. The molecular formula is C19H31N3O4. The molecule has 7 nitrogen and oxygen atoms in total. The van der Waals surface area contributed by atoms with E-state index in [0.29, 0.717) is 13.1 Å². The van der Waals surface area contributed by atoms with Crippen molar-refractivity contribution in [2.45, 2.75) is 44.9 Å². The molecule has 1 aromatic rings. The van der Waals surface area contributed by atoms with E-state index in [1.165, 1.54) is 0 Å². The van der Waals surface area contributed by atoms with Crippen LogP contribution in [0, 0.1) is 0 Å². The van der Waals surface area contributed by atoms with Gasteiger partial charge in [0.15, 0.2) is 0 Å². The summed E-state index contributed by atoms with van der Waals surface area (Å²) in [5.41, 5.74) is 6.57. The van der Waals surface area contributed by atoms with Crippen molar-refractivity contribution in [3.8, 4) is 11.5 Å². The second-order valence-electron chi connectivity index (χ2n) is 7.49. The number of likely N-dealkylation sites (tertiary alicyclic amines) is 1. The number of benzene rings is 1. The fourth-order valence-corrected chi connectivity index (χ4v) is 3.23. The minimum absolute atomic E-state index is 0.00881. The van der Waals surface area contributed by atoms with Crippen LogP contribution >= 0.6 is 0 Å². The number of alkyl carbamates (subject to hydrolysis) is 1. The lowest BCUT2D eigenvalue weighted by molar-refractivity contribution is 0.0504. The van der Waals surface area contributed by atoms with Crippen molar-refractivity contribution in [3.05, 3.63) is 23.8 Å². The largest absolute Gasteiger partial charge is 0.497 e. The molecule has 0 radical (unpaired) electrons. The fourth-order valence-electron chi connectivity index (χ4n) is 3.23. The first-order chi connectivity index (χ1) is 12.3. The number of ether oxygens (including phenoxy) is 3. The summed E-state index contributed by atoms with van der Waals surface area (Å²) in [6.45, 7) is 7.56. The summed E-state index contributed by atoms with van der Waals surface area (Å²) in [7, 11) is 3.29. The molecule has 7 heteroatoms. The predicted octanol–water partition coefficient (Wildman–Crippen LogP) is 2.30.